The van der Waals surface area contributed by atoms with E-state index in [-0.39, 0.29) is 10.9 Å². The maximum atomic E-state index is 11.4. The van der Waals surface area contributed by atoms with Gasteiger partial charge in [0.2, 0.25) is 0 Å². The molecule has 7 heteroatoms. The molecule has 0 aliphatic rings. The predicted octanol–water partition coefficient (Wildman–Crippen LogP) is 0.717. The van der Waals surface area contributed by atoms with Gasteiger partial charge in [-0.3, -0.25) is 4.21 Å². The molecule has 18 heavy (non-hydrogen) atoms. The minimum atomic E-state index is -0.867. The van der Waals surface area contributed by atoms with E-state index in [2.05, 4.69) is 9.72 Å². The van der Waals surface area contributed by atoms with E-state index in [1.54, 1.807) is 17.7 Å². The maximum Gasteiger partial charge on any atom is 0.360 e. The molecule has 6 nitrogen and oxygen atoms in total. The maximum absolute atomic E-state index is 11.4. The van der Waals surface area contributed by atoms with Gasteiger partial charge >= 0.3 is 5.97 Å². The number of hydrogen-bond acceptors (Lipinski definition) is 5. The summed E-state index contributed by atoms with van der Waals surface area (Å²) in [7, 11) is 0.423. The van der Waals surface area contributed by atoms with Crippen LogP contribution in [0.25, 0.3) is 0 Å². The molecule has 2 atom stereocenters. The second-order valence-electron chi connectivity index (χ2n) is 4.13. The van der Waals surface area contributed by atoms with Gasteiger partial charge in [-0.05, 0) is 13.3 Å². The number of nitrogens with zero attached hydrogens (tertiary/aromatic N) is 2. The first-order chi connectivity index (χ1) is 8.38. The molecule has 1 aromatic rings. The lowest BCUT2D eigenvalue weighted by Gasteiger charge is -2.11. The summed E-state index contributed by atoms with van der Waals surface area (Å²) in [5.41, 5.74) is 6.01. The smallest absolute Gasteiger partial charge is 0.360 e. The molecule has 0 spiro atoms. The van der Waals surface area contributed by atoms with Crippen molar-refractivity contribution in [2.24, 2.45) is 0 Å². The number of aryl methyl sites for hydroxylation is 1. The molecule has 1 rings (SSSR count). The van der Waals surface area contributed by atoms with Gasteiger partial charge in [-0.15, -0.1) is 0 Å². The zero-order valence-electron chi connectivity index (χ0n) is 11.1. The number of methoxy groups -OCH3 is 1. The molecule has 0 bridgehead atoms. The zero-order chi connectivity index (χ0) is 13.9. The fourth-order valence-electron chi connectivity index (χ4n) is 1.59. The highest BCUT2D eigenvalue weighted by Crippen LogP contribution is 2.16. The molecule has 0 saturated heterocycles. The second kappa shape index (κ2) is 5.99. The summed E-state index contributed by atoms with van der Waals surface area (Å²) >= 11 is 0. The number of esters is 1. The Morgan fingerprint density at radius 3 is 2.72 bits per heavy atom. The first-order valence-electron chi connectivity index (χ1n) is 5.61. The van der Waals surface area contributed by atoms with E-state index in [1.807, 2.05) is 6.92 Å². The van der Waals surface area contributed by atoms with Gasteiger partial charge in [0, 0.05) is 28.9 Å². The number of carbonyl (C=O) groups is 1. The van der Waals surface area contributed by atoms with Crippen molar-refractivity contribution >= 4 is 22.6 Å². The summed E-state index contributed by atoms with van der Waals surface area (Å²) in [4.78, 5) is 15.5. The van der Waals surface area contributed by atoms with Gasteiger partial charge in [0.25, 0.3) is 0 Å². The Kier molecular flexibility index (Phi) is 4.89. The third-order valence-corrected chi connectivity index (χ3v) is 4.27. The lowest BCUT2D eigenvalue weighted by atomic mass is 10.3. The van der Waals surface area contributed by atoms with Gasteiger partial charge in [0.05, 0.1) is 7.11 Å². The van der Waals surface area contributed by atoms with Crippen LogP contribution in [0.5, 0.6) is 0 Å². The Bertz CT molecular complexity index is 470. The van der Waals surface area contributed by atoms with Gasteiger partial charge in [-0.25, -0.2) is 9.78 Å². The minimum absolute atomic E-state index is 0.0766. The molecule has 0 aromatic carbocycles. The van der Waals surface area contributed by atoms with Crippen LogP contribution >= 0.6 is 0 Å². The first kappa shape index (κ1) is 14.7. The lowest BCUT2D eigenvalue weighted by molar-refractivity contribution is 0.0595. The highest BCUT2D eigenvalue weighted by atomic mass is 32.2. The number of aromatic nitrogens is 2. The van der Waals surface area contributed by atoms with Crippen molar-refractivity contribution in [3.63, 3.8) is 0 Å². The summed E-state index contributed by atoms with van der Waals surface area (Å²) < 4.78 is 17.6. The van der Waals surface area contributed by atoms with Crippen molar-refractivity contribution in [3.8, 4) is 0 Å². The Balaban J connectivity index is 2.87. The topological polar surface area (TPSA) is 87.2 Å². The Hall–Kier alpha value is -1.37. The molecule has 0 aliphatic heterocycles. The van der Waals surface area contributed by atoms with Crippen molar-refractivity contribution < 1.29 is 13.7 Å². The molecule has 0 saturated carbocycles. The van der Waals surface area contributed by atoms with Crippen LogP contribution in [0.3, 0.4) is 0 Å². The molecular weight excluding hydrogens is 254 g/mol. The number of hydrogen-bond donors (Lipinski definition) is 1. The standard InChI is InChI=1S/C11H19N3O3S/c1-7(18(4)16)5-6-14-8(2)13-9(10(14)12)11(15)17-3/h7H,5-6,12H2,1-4H3. The summed E-state index contributed by atoms with van der Waals surface area (Å²) in [5, 5.41) is 0.0766. The third-order valence-electron chi connectivity index (χ3n) is 2.90. The number of rotatable bonds is 5. The van der Waals surface area contributed by atoms with E-state index in [4.69, 9.17) is 5.73 Å². The number of imidazole rings is 1. The van der Waals surface area contributed by atoms with Crippen LogP contribution in [0, 0.1) is 6.92 Å². The van der Waals surface area contributed by atoms with E-state index in [1.165, 1.54) is 7.11 Å². The average Bonchev–Trinajstić information content (AvgIpc) is 2.61. The van der Waals surface area contributed by atoms with Gasteiger partial charge in [-0.1, -0.05) is 6.92 Å². The highest BCUT2D eigenvalue weighted by molar-refractivity contribution is 7.84. The fraction of sp³-hybridized carbons (Fsp3) is 0.636. The molecule has 2 unspecified atom stereocenters. The predicted molar refractivity (Wildman–Crippen MR) is 70.9 cm³/mol. The number of carbonyl (C=O) groups excluding carboxylic acids is 1. The second-order valence-corrected chi connectivity index (χ2v) is 5.94. The number of anilines is 1. The van der Waals surface area contributed by atoms with E-state index < -0.39 is 16.8 Å². The SMILES string of the molecule is COC(=O)c1nc(C)n(CCC(C)S(C)=O)c1N. The van der Waals surface area contributed by atoms with Gasteiger partial charge < -0.3 is 15.0 Å². The normalized spacial score (nSPS) is 14.2. The van der Waals surface area contributed by atoms with E-state index >= 15 is 0 Å². The largest absolute Gasteiger partial charge is 0.464 e. The monoisotopic (exact) mass is 273 g/mol. The van der Waals surface area contributed by atoms with E-state index in [9.17, 15) is 9.00 Å². The van der Waals surface area contributed by atoms with E-state index in [0.29, 0.717) is 24.6 Å². The van der Waals surface area contributed by atoms with Gasteiger partial charge in [0.1, 0.15) is 11.6 Å². The summed E-state index contributed by atoms with van der Waals surface area (Å²) in [5.74, 6) is 0.414. The number of nitrogen functional groups attached to an aromatic ring is 1. The number of nitrogens with two attached hydrogens (primary N) is 1. The molecule has 0 aliphatic carbocycles. The van der Waals surface area contributed by atoms with Gasteiger partial charge in [-0.2, -0.15) is 0 Å². The van der Waals surface area contributed by atoms with Crippen molar-refractivity contribution in [1.29, 1.82) is 0 Å². The summed E-state index contributed by atoms with van der Waals surface area (Å²) in [6.45, 7) is 4.28. The summed E-state index contributed by atoms with van der Waals surface area (Å²) in [6.07, 6.45) is 2.39. The van der Waals surface area contributed by atoms with Crippen molar-refractivity contribution in [3.05, 3.63) is 11.5 Å². The number of ether oxygens (including phenoxy) is 1. The van der Waals surface area contributed by atoms with Crippen LogP contribution in [0.2, 0.25) is 0 Å². The van der Waals surface area contributed by atoms with Crippen LogP contribution in [0.15, 0.2) is 0 Å². The molecule has 2 N–H and O–H groups in total. The highest BCUT2D eigenvalue weighted by Gasteiger charge is 2.19. The third kappa shape index (κ3) is 3.10. The van der Waals surface area contributed by atoms with Crippen molar-refractivity contribution in [2.45, 2.75) is 32.1 Å². The van der Waals surface area contributed by atoms with Gasteiger partial charge in [0.15, 0.2) is 5.69 Å². The summed E-state index contributed by atoms with van der Waals surface area (Å²) in [6, 6.07) is 0. The quantitative estimate of drug-likeness (QED) is 0.799. The molecule has 0 fully saturated rings. The molecule has 102 valence electrons. The van der Waals surface area contributed by atoms with Crippen LogP contribution < -0.4 is 5.73 Å². The molecule has 0 amide bonds. The first-order valence-corrected chi connectivity index (χ1v) is 7.23. The van der Waals surface area contributed by atoms with Crippen LogP contribution in [-0.2, 0) is 22.1 Å². The Labute approximate surface area is 109 Å². The van der Waals surface area contributed by atoms with Crippen molar-refractivity contribution in [2.75, 3.05) is 19.1 Å². The van der Waals surface area contributed by atoms with Crippen molar-refractivity contribution in [1.82, 2.24) is 9.55 Å². The fourth-order valence-corrected chi connectivity index (χ4v) is 2.02. The average molecular weight is 273 g/mol. The minimum Gasteiger partial charge on any atom is -0.464 e. The molecule has 1 aromatic heterocycles. The molecule has 1 heterocycles. The lowest BCUT2D eigenvalue weighted by Crippen LogP contribution is -2.15. The van der Waals surface area contributed by atoms with Crippen LogP contribution in [0.1, 0.15) is 29.7 Å². The Morgan fingerprint density at radius 2 is 2.22 bits per heavy atom. The zero-order valence-corrected chi connectivity index (χ0v) is 11.9. The van der Waals surface area contributed by atoms with Crippen LogP contribution in [0.4, 0.5) is 5.82 Å². The van der Waals surface area contributed by atoms with Crippen LogP contribution in [-0.4, -0.2) is 38.3 Å². The Morgan fingerprint density at radius 1 is 1.61 bits per heavy atom. The molecular formula is C11H19N3O3S. The van der Waals surface area contributed by atoms with E-state index in [0.717, 1.165) is 0 Å². The molecule has 0 radical (unpaired) electrons.